The van der Waals surface area contributed by atoms with Crippen LogP contribution in [0.25, 0.3) is 15.3 Å². The molecule has 0 saturated carbocycles. The van der Waals surface area contributed by atoms with E-state index in [-0.39, 0.29) is 18.4 Å². The van der Waals surface area contributed by atoms with Gasteiger partial charge in [0.2, 0.25) is 5.91 Å². The van der Waals surface area contributed by atoms with Crippen LogP contribution in [0.5, 0.6) is 0 Å². The molecule has 0 fully saturated rings. The summed E-state index contributed by atoms with van der Waals surface area (Å²) in [5.41, 5.74) is 2.13. The largest absolute Gasteiger partial charge is 0.350 e. The molecule has 2 heterocycles. The van der Waals surface area contributed by atoms with Crippen molar-refractivity contribution in [2.75, 3.05) is 6.54 Å². The number of nitrogens with one attached hydrogen (secondary N) is 2. The molecule has 29 heavy (non-hydrogen) atoms. The Balaban J connectivity index is 1.36. The van der Waals surface area contributed by atoms with Crippen molar-refractivity contribution >= 4 is 45.0 Å². The number of carbonyl (C=O) groups is 2. The molecule has 146 valence electrons. The maximum Gasteiger partial charge on any atom is 0.251 e. The number of amides is 2. The van der Waals surface area contributed by atoms with Crippen LogP contribution in [0.4, 0.5) is 0 Å². The van der Waals surface area contributed by atoms with E-state index in [2.05, 4.69) is 15.6 Å². The molecule has 2 amide bonds. The van der Waals surface area contributed by atoms with Crippen molar-refractivity contribution in [2.24, 2.45) is 0 Å². The fourth-order valence-electron chi connectivity index (χ4n) is 2.79. The maximum absolute atomic E-state index is 12.4. The van der Waals surface area contributed by atoms with Gasteiger partial charge in [0, 0.05) is 29.5 Å². The van der Waals surface area contributed by atoms with Crippen LogP contribution in [-0.4, -0.2) is 27.9 Å². The van der Waals surface area contributed by atoms with Crippen molar-refractivity contribution in [2.45, 2.75) is 6.54 Å². The summed E-state index contributed by atoms with van der Waals surface area (Å²) in [6.45, 7) is 0.196. The van der Waals surface area contributed by atoms with Crippen molar-refractivity contribution in [3.63, 3.8) is 0 Å². The normalized spacial score (nSPS) is 10.8. The van der Waals surface area contributed by atoms with Crippen LogP contribution in [0.3, 0.4) is 0 Å². The Labute approximate surface area is 176 Å². The summed E-state index contributed by atoms with van der Waals surface area (Å²) in [5, 5.41) is 6.82. The van der Waals surface area contributed by atoms with Crippen molar-refractivity contribution in [3.05, 3.63) is 83.1 Å². The van der Waals surface area contributed by atoms with Gasteiger partial charge in [-0.05, 0) is 42.0 Å². The average Bonchev–Trinajstić information content (AvgIpc) is 3.40. The molecule has 6 nitrogen and oxygen atoms in total. The molecular weight excluding hydrogens is 408 g/mol. The van der Waals surface area contributed by atoms with Crippen LogP contribution < -0.4 is 10.6 Å². The summed E-state index contributed by atoms with van der Waals surface area (Å²) in [5.74, 6) is -0.595. The Kier molecular flexibility index (Phi) is 5.59. The third-order valence-corrected chi connectivity index (χ3v) is 5.71. The van der Waals surface area contributed by atoms with E-state index in [0.717, 1.165) is 20.9 Å². The summed E-state index contributed by atoms with van der Waals surface area (Å²) >= 11 is 7.57. The maximum atomic E-state index is 12.4. The molecule has 0 unspecified atom stereocenters. The van der Waals surface area contributed by atoms with Crippen LogP contribution in [0.15, 0.2) is 67.0 Å². The van der Waals surface area contributed by atoms with Gasteiger partial charge in [-0.25, -0.2) is 4.98 Å². The molecule has 0 bridgehead atoms. The monoisotopic (exact) mass is 424 g/mol. The van der Waals surface area contributed by atoms with Gasteiger partial charge in [-0.2, -0.15) is 0 Å². The standard InChI is InChI=1S/C21H17ClN4O2S/c22-16-6-2-1-5-15(16)12-23-19(27)13-24-20(28)14-7-8-17-18(11-14)29-21(25-17)26-9-3-4-10-26/h1-11H,12-13H2,(H,23,27)(H,24,28). The van der Waals surface area contributed by atoms with Gasteiger partial charge < -0.3 is 15.2 Å². The first-order valence-electron chi connectivity index (χ1n) is 8.92. The summed E-state index contributed by atoms with van der Waals surface area (Å²) in [6, 6.07) is 16.5. The van der Waals surface area contributed by atoms with Gasteiger partial charge >= 0.3 is 0 Å². The van der Waals surface area contributed by atoms with Gasteiger partial charge in [-0.1, -0.05) is 41.1 Å². The number of halogens is 1. The first-order valence-corrected chi connectivity index (χ1v) is 10.1. The molecule has 0 aliphatic rings. The van der Waals surface area contributed by atoms with Crippen molar-refractivity contribution < 1.29 is 9.59 Å². The lowest BCUT2D eigenvalue weighted by Gasteiger charge is -2.08. The Hall–Kier alpha value is -3.16. The fraction of sp³-hybridized carbons (Fsp3) is 0.0952. The van der Waals surface area contributed by atoms with Gasteiger partial charge in [-0.15, -0.1) is 0 Å². The highest BCUT2D eigenvalue weighted by atomic mass is 35.5. The Morgan fingerprint density at radius 3 is 2.62 bits per heavy atom. The molecule has 2 aromatic carbocycles. The molecule has 4 rings (SSSR count). The van der Waals surface area contributed by atoms with E-state index in [9.17, 15) is 9.59 Å². The highest BCUT2D eigenvalue weighted by Gasteiger charge is 2.12. The highest BCUT2D eigenvalue weighted by molar-refractivity contribution is 7.20. The third kappa shape index (κ3) is 4.47. The van der Waals surface area contributed by atoms with Crippen molar-refractivity contribution in [1.29, 1.82) is 0 Å². The predicted molar refractivity (Wildman–Crippen MR) is 115 cm³/mol. The van der Waals surface area contributed by atoms with Crippen LogP contribution in [-0.2, 0) is 11.3 Å². The zero-order chi connectivity index (χ0) is 20.2. The molecule has 2 aromatic heterocycles. The lowest BCUT2D eigenvalue weighted by Crippen LogP contribution is -2.36. The van der Waals surface area contributed by atoms with Crippen LogP contribution >= 0.6 is 22.9 Å². The number of aromatic nitrogens is 2. The number of nitrogens with zero attached hydrogens (tertiary/aromatic N) is 2. The molecule has 0 spiro atoms. The quantitative estimate of drug-likeness (QED) is 0.494. The first-order chi connectivity index (χ1) is 14.1. The van der Waals surface area contributed by atoms with Crippen LogP contribution in [0, 0.1) is 0 Å². The van der Waals surface area contributed by atoms with Gasteiger partial charge in [0.05, 0.1) is 16.8 Å². The number of hydrogen-bond acceptors (Lipinski definition) is 4. The molecule has 2 N–H and O–H groups in total. The second kappa shape index (κ2) is 8.46. The fourth-order valence-corrected chi connectivity index (χ4v) is 3.96. The lowest BCUT2D eigenvalue weighted by atomic mass is 10.2. The predicted octanol–water partition coefficient (Wildman–Crippen LogP) is 3.79. The van der Waals surface area contributed by atoms with Crippen LogP contribution in [0.2, 0.25) is 5.02 Å². The minimum atomic E-state index is -0.310. The zero-order valence-electron chi connectivity index (χ0n) is 15.3. The molecule has 0 aliphatic carbocycles. The minimum Gasteiger partial charge on any atom is -0.350 e. The van der Waals surface area contributed by atoms with Gasteiger partial charge in [0.15, 0.2) is 5.13 Å². The minimum absolute atomic E-state index is 0.112. The van der Waals surface area contributed by atoms with Gasteiger partial charge in [0.25, 0.3) is 5.91 Å². The van der Waals surface area contributed by atoms with E-state index in [1.54, 1.807) is 18.2 Å². The van der Waals surface area contributed by atoms with Crippen molar-refractivity contribution in [1.82, 2.24) is 20.2 Å². The van der Waals surface area contributed by atoms with Gasteiger partial charge in [0.1, 0.15) is 0 Å². The Morgan fingerprint density at radius 2 is 1.83 bits per heavy atom. The average molecular weight is 425 g/mol. The van der Waals surface area contributed by atoms with Crippen LogP contribution in [0.1, 0.15) is 15.9 Å². The second-order valence-corrected chi connectivity index (χ2v) is 7.74. The number of hydrogen-bond donors (Lipinski definition) is 2. The summed E-state index contributed by atoms with van der Waals surface area (Å²) in [6.07, 6.45) is 3.85. The number of fused-ring (bicyclic) bond motifs is 1. The third-order valence-electron chi connectivity index (χ3n) is 4.31. The van der Waals surface area contributed by atoms with E-state index in [1.807, 2.05) is 53.4 Å². The molecule has 0 saturated heterocycles. The molecule has 4 aromatic rings. The smallest absolute Gasteiger partial charge is 0.251 e. The molecule has 8 heteroatoms. The summed E-state index contributed by atoms with van der Waals surface area (Å²) in [4.78, 5) is 29.0. The van der Waals surface area contributed by atoms with E-state index in [4.69, 9.17) is 11.6 Å². The second-order valence-electron chi connectivity index (χ2n) is 6.32. The SMILES string of the molecule is O=C(CNC(=O)c1ccc2nc(-n3cccc3)sc2c1)NCc1ccccc1Cl. The molecular formula is C21H17ClN4O2S. The number of carbonyl (C=O) groups excluding carboxylic acids is 2. The lowest BCUT2D eigenvalue weighted by molar-refractivity contribution is -0.120. The number of benzene rings is 2. The first kappa shape index (κ1) is 19.2. The van der Waals surface area contributed by atoms with E-state index in [0.29, 0.717) is 17.1 Å². The summed E-state index contributed by atoms with van der Waals surface area (Å²) < 4.78 is 2.83. The van der Waals surface area contributed by atoms with E-state index >= 15 is 0 Å². The van der Waals surface area contributed by atoms with Crippen molar-refractivity contribution in [3.8, 4) is 5.13 Å². The molecule has 0 radical (unpaired) electrons. The van der Waals surface area contributed by atoms with E-state index < -0.39 is 0 Å². The number of thiazole rings is 1. The highest BCUT2D eigenvalue weighted by Crippen LogP contribution is 2.26. The van der Waals surface area contributed by atoms with E-state index in [1.165, 1.54) is 11.3 Å². The Morgan fingerprint density at radius 1 is 1.03 bits per heavy atom. The summed E-state index contributed by atoms with van der Waals surface area (Å²) in [7, 11) is 0. The molecule has 0 aliphatic heterocycles. The molecule has 0 atom stereocenters. The zero-order valence-corrected chi connectivity index (χ0v) is 16.8. The van der Waals surface area contributed by atoms with Gasteiger partial charge in [-0.3, -0.25) is 9.59 Å². The topological polar surface area (TPSA) is 76.0 Å². The Bertz CT molecular complexity index is 1170. The number of rotatable bonds is 6.